The van der Waals surface area contributed by atoms with Crippen LogP contribution in [-0.4, -0.2) is 68.4 Å². The van der Waals surface area contributed by atoms with Gasteiger partial charge in [-0.25, -0.2) is 17.8 Å². The summed E-state index contributed by atoms with van der Waals surface area (Å²) in [6, 6.07) is 9.19. The van der Waals surface area contributed by atoms with Crippen molar-refractivity contribution in [2.75, 3.05) is 17.0 Å². The predicted octanol–water partition coefficient (Wildman–Crippen LogP) is 7.05. The van der Waals surface area contributed by atoms with Crippen molar-refractivity contribution >= 4 is 32.4 Å². The number of hydrogen-bond acceptors (Lipinski definition) is 8. The molecule has 0 saturated carbocycles. The van der Waals surface area contributed by atoms with Gasteiger partial charge in [-0.1, -0.05) is 18.2 Å². The zero-order chi connectivity index (χ0) is 37.1. The summed E-state index contributed by atoms with van der Waals surface area (Å²) in [6.07, 6.45) is 2.60. The van der Waals surface area contributed by atoms with Crippen molar-refractivity contribution in [1.82, 2.24) is 29.4 Å². The molecule has 2 saturated heterocycles. The number of aromatic nitrogens is 5. The van der Waals surface area contributed by atoms with E-state index in [4.69, 9.17) is 15.6 Å². The van der Waals surface area contributed by atoms with Gasteiger partial charge in [-0.2, -0.15) is 32.1 Å². The van der Waals surface area contributed by atoms with E-state index in [1.807, 2.05) is 10.9 Å². The Bertz CT molecular complexity index is 2210. The second-order valence-electron chi connectivity index (χ2n) is 13.2. The zero-order valence-corrected chi connectivity index (χ0v) is 28.7. The van der Waals surface area contributed by atoms with E-state index in [2.05, 4.69) is 10.1 Å². The third-order valence-electron chi connectivity index (χ3n) is 9.78. The molecule has 7 rings (SSSR count). The number of hydrogen-bond donors (Lipinski definition) is 2. The van der Waals surface area contributed by atoms with Gasteiger partial charge in [-0.3, -0.25) is 19.0 Å². The highest BCUT2D eigenvalue weighted by Gasteiger charge is 2.46. The normalized spacial score (nSPS) is 20.1. The summed E-state index contributed by atoms with van der Waals surface area (Å²) in [5.74, 6) is -4.15. The molecule has 5 aromatic rings. The lowest BCUT2D eigenvalue weighted by atomic mass is 9.97. The van der Waals surface area contributed by atoms with Crippen LogP contribution in [-0.2, 0) is 17.1 Å². The van der Waals surface area contributed by atoms with E-state index in [1.54, 1.807) is 40.6 Å². The minimum Gasteiger partial charge on any atom is -0.484 e. The summed E-state index contributed by atoms with van der Waals surface area (Å²) >= 11 is 0. The third-order valence-corrected chi connectivity index (χ3v) is 10.8. The van der Waals surface area contributed by atoms with E-state index in [1.165, 1.54) is 42.5 Å². The largest absolute Gasteiger partial charge is 0.484 e. The number of nitrogen functional groups attached to an aromatic ring is 1. The summed E-state index contributed by atoms with van der Waals surface area (Å²) in [5.41, 5.74) is 9.35. The number of halogens is 6. The molecule has 2 aromatic carbocycles. The quantitative estimate of drug-likeness (QED) is 0.145. The zero-order valence-electron chi connectivity index (χ0n) is 27.9. The van der Waals surface area contributed by atoms with Gasteiger partial charge < -0.3 is 10.5 Å². The fourth-order valence-electron chi connectivity index (χ4n) is 7.39. The first-order valence-corrected chi connectivity index (χ1v) is 18.0. The van der Waals surface area contributed by atoms with Gasteiger partial charge in [-0.05, 0) is 62.4 Å². The molecular formula is C34H34F6N8O3S. The molecule has 5 heterocycles. The summed E-state index contributed by atoms with van der Waals surface area (Å²) in [6.45, 7) is 0.721. The molecule has 3 N–H and O–H groups in total. The number of rotatable bonds is 10. The Kier molecular flexibility index (Phi) is 9.09. The number of anilines is 2. The Morgan fingerprint density at radius 3 is 2.37 bits per heavy atom. The molecule has 52 heavy (non-hydrogen) atoms. The van der Waals surface area contributed by atoms with Crippen molar-refractivity contribution < 1.29 is 39.5 Å². The molecule has 0 spiro atoms. The summed E-state index contributed by atoms with van der Waals surface area (Å²) in [5, 5.41) is 9.75. The van der Waals surface area contributed by atoms with Crippen molar-refractivity contribution in [3.8, 4) is 28.1 Å². The smallest absolute Gasteiger partial charge is 0.401 e. The average molecular weight is 749 g/mol. The van der Waals surface area contributed by atoms with Gasteiger partial charge in [0.25, 0.3) is 10.0 Å². The molecule has 18 heteroatoms. The van der Waals surface area contributed by atoms with Crippen molar-refractivity contribution in [3.05, 3.63) is 72.4 Å². The monoisotopic (exact) mass is 748 g/mol. The maximum Gasteiger partial charge on any atom is 0.401 e. The Labute approximate surface area is 294 Å². The van der Waals surface area contributed by atoms with Crippen molar-refractivity contribution in [3.63, 3.8) is 0 Å². The second kappa shape index (κ2) is 13.3. The Balaban J connectivity index is 1.23. The first kappa shape index (κ1) is 35.6. The van der Waals surface area contributed by atoms with Gasteiger partial charge in [0.05, 0.1) is 35.4 Å². The topological polar surface area (TPSA) is 133 Å². The van der Waals surface area contributed by atoms with E-state index in [9.17, 15) is 34.8 Å². The highest BCUT2D eigenvalue weighted by atomic mass is 32.2. The van der Waals surface area contributed by atoms with E-state index in [-0.39, 0.29) is 35.4 Å². The fourth-order valence-corrected chi connectivity index (χ4v) is 7.96. The molecule has 0 aliphatic carbocycles. The molecule has 276 valence electrons. The van der Waals surface area contributed by atoms with Crippen molar-refractivity contribution in [2.45, 2.75) is 68.8 Å². The summed E-state index contributed by atoms with van der Waals surface area (Å²) in [7, 11) is -3.37. The van der Waals surface area contributed by atoms with Crippen LogP contribution in [0.15, 0.2) is 61.1 Å². The minimum absolute atomic E-state index is 0.0770. The molecule has 3 aromatic heterocycles. The number of sulfonamides is 1. The van der Waals surface area contributed by atoms with Crippen LogP contribution in [0.5, 0.6) is 5.75 Å². The molecule has 0 amide bonds. The van der Waals surface area contributed by atoms with Gasteiger partial charge in [0, 0.05) is 48.2 Å². The third kappa shape index (κ3) is 6.88. The lowest BCUT2D eigenvalue weighted by Crippen LogP contribution is -2.47. The maximum atomic E-state index is 13.6. The number of nitrogens with one attached hydrogen (secondary N) is 1. The standard InChI is InChI=1S/C34H34F6N8O3S/c1-18(19-3-6-22(35)7-4-19)51-28-11-20(5-10-27(28)45-52(49,50)33(36)37)30-29-31(46(2)44-30)26(15-42-32(29)41)21-14-43-48(16-21)25-12-23-8-9-24(13-25)47(23)17-34(38,39)40/h3-7,10-11,14-16,18,23-25,33,45H,8-9,12-13,17H2,1-2H3,(H2,41,42)/t18-,23?,24?,25?/m0/s1. The lowest BCUT2D eigenvalue weighted by molar-refractivity contribution is -0.156. The Morgan fingerprint density at radius 2 is 1.71 bits per heavy atom. The van der Waals surface area contributed by atoms with E-state index in [0.29, 0.717) is 64.5 Å². The molecule has 2 aliphatic rings. The molecule has 3 atom stereocenters. The number of benzene rings is 2. The fraction of sp³-hybridized carbons (Fsp3) is 0.382. The van der Waals surface area contributed by atoms with Crippen LogP contribution in [0.3, 0.4) is 0 Å². The lowest BCUT2D eigenvalue weighted by Gasteiger charge is -2.39. The maximum absolute atomic E-state index is 13.6. The van der Waals surface area contributed by atoms with Crippen molar-refractivity contribution in [2.24, 2.45) is 7.05 Å². The first-order chi connectivity index (χ1) is 24.6. The van der Waals surface area contributed by atoms with Gasteiger partial charge >= 0.3 is 11.9 Å². The van der Waals surface area contributed by atoms with Gasteiger partial charge in [0.2, 0.25) is 0 Å². The molecule has 2 unspecified atom stereocenters. The van der Waals surface area contributed by atoms with Crippen LogP contribution in [0.1, 0.15) is 50.3 Å². The molecule has 0 radical (unpaired) electrons. The Hall–Kier alpha value is -4.84. The van der Waals surface area contributed by atoms with Crippen LogP contribution in [0.25, 0.3) is 33.3 Å². The van der Waals surface area contributed by atoms with Crippen LogP contribution < -0.4 is 15.2 Å². The minimum atomic E-state index is -5.07. The number of alkyl halides is 5. The second-order valence-corrected chi connectivity index (χ2v) is 14.8. The van der Waals surface area contributed by atoms with E-state index in [0.717, 1.165) is 0 Å². The number of pyridine rings is 1. The number of ether oxygens (including phenoxy) is 1. The van der Waals surface area contributed by atoms with Gasteiger partial charge in [0.15, 0.2) is 0 Å². The van der Waals surface area contributed by atoms with E-state index < -0.39 is 40.4 Å². The summed E-state index contributed by atoms with van der Waals surface area (Å²) < 4.78 is 116. The summed E-state index contributed by atoms with van der Waals surface area (Å²) in [4.78, 5) is 6.00. The van der Waals surface area contributed by atoms with Gasteiger partial charge in [-0.15, -0.1) is 0 Å². The number of piperidine rings is 1. The molecule has 2 aliphatic heterocycles. The van der Waals surface area contributed by atoms with Gasteiger partial charge in [0.1, 0.15) is 29.2 Å². The number of aryl methyl sites for hydroxylation is 1. The van der Waals surface area contributed by atoms with Crippen LogP contribution in [0.4, 0.5) is 37.8 Å². The predicted molar refractivity (Wildman–Crippen MR) is 181 cm³/mol. The number of nitrogens with zero attached hydrogens (tertiary/aromatic N) is 6. The number of fused-ring (bicyclic) bond motifs is 3. The van der Waals surface area contributed by atoms with Crippen LogP contribution >= 0.6 is 0 Å². The number of nitrogens with two attached hydrogens (primary N) is 1. The van der Waals surface area contributed by atoms with Crippen molar-refractivity contribution in [1.29, 1.82) is 0 Å². The molecular weight excluding hydrogens is 714 g/mol. The Morgan fingerprint density at radius 1 is 1.02 bits per heavy atom. The molecule has 2 fully saturated rings. The highest BCUT2D eigenvalue weighted by Crippen LogP contribution is 2.44. The van der Waals surface area contributed by atoms with E-state index >= 15 is 0 Å². The molecule has 11 nitrogen and oxygen atoms in total. The van der Waals surface area contributed by atoms with Crippen LogP contribution in [0, 0.1) is 5.82 Å². The molecule has 2 bridgehead atoms. The highest BCUT2D eigenvalue weighted by molar-refractivity contribution is 7.93. The first-order valence-electron chi connectivity index (χ1n) is 16.4. The SMILES string of the molecule is C[C@H](Oc1cc(-c2nn(C)c3c(-c4cnn(C5CC6CCC(C5)N6CC(F)(F)F)c4)cnc(N)c23)ccc1NS(=O)(=O)C(F)F)c1ccc(F)cc1. The average Bonchev–Trinajstić information content (AvgIpc) is 3.76. The van der Waals surface area contributed by atoms with Crippen LogP contribution in [0.2, 0.25) is 0 Å².